The lowest BCUT2D eigenvalue weighted by Crippen LogP contribution is -2.09. The van der Waals surface area contributed by atoms with Gasteiger partial charge in [0, 0.05) is 0 Å². The van der Waals surface area contributed by atoms with Crippen LogP contribution in [0.4, 0.5) is 0 Å². The van der Waals surface area contributed by atoms with Gasteiger partial charge in [-0.3, -0.25) is 9.59 Å². The first-order valence-corrected chi connectivity index (χ1v) is 8.79. The normalized spacial score (nSPS) is 11.5. The molecule has 2 aromatic carbocycles. The van der Waals surface area contributed by atoms with E-state index < -0.39 is 0 Å². The molecule has 0 aliphatic carbocycles. The summed E-state index contributed by atoms with van der Waals surface area (Å²) in [6.45, 7) is 4.19. The second-order valence-electron chi connectivity index (χ2n) is 5.65. The summed E-state index contributed by atoms with van der Waals surface area (Å²) in [6.07, 6.45) is 0.197. The van der Waals surface area contributed by atoms with E-state index in [0.717, 1.165) is 22.3 Å². The van der Waals surface area contributed by atoms with Gasteiger partial charge in [-0.2, -0.15) is 0 Å². The highest BCUT2D eigenvalue weighted by Crippen LogP contribution is 2.32. The third-order valence-electron chi connectivity index (χ3n) is 3.86. The van der Waals surface area contributed by atoms with Crippen molar-refractivity contribution in [3.63, 3.8) is 0 Å². The van der Waals surface area contributed by atoms with Crippen molar-refractivity contribution in [1.29, 1.82) is 0 Å². The molecule has 0 amide bonds. The number of hydrogen-bond donors (Lipinski definition) is 0. The minimum atomic E-state index is -0.316. The van der Waals surface area contributed by atoms with Crippen LogP contribution in [-0.2, 0) is 19.1 Å². The largest absolute Gasteiger partial charge is 0.466 e. The Morgan fingerprint density at radius 1 is 0.654 bits per heavy atom. The first-order valence-electron chi connectivity index (χ1n) is 8.79. The summed E-state index contributed by atoms with van der Waals surface area (Å²) in [5.74, 6) is -0.632. The summed E-state index contributed by atoms with van der Waals surface area (Å²) in [4.78, 5) is 24.4. The molecule has 0 saturated heterocycles. The van der Waals surface area contributed by atoms with Crippen molar-refractivity contribution < 1.29 is 19.1 Å². The molecule has 0 N–H and O–H groups in total. The van der Waals surface area contributed by atoms with Gasteiger partial charge in [0.1, 0.15) is 0 Å². The highest BCUT2D eigenvalue weighted by molar-refractivity contribution is 6.02. The molecule has 0 unspecified atom stereocenters. The maximum Gasteiger partial charge on any atom is 0.310 e. The summed E-state index contributed by atoms with van der Waals surface area (Å²) in [6, 6.07) is 19.2. The Hall–Kier alpha value is -2.88. The molecule has 4 heteroatoms. The second kappa shape index (κ2) is 10.2. The number of hydrogen-bond acceptors (Lipinski definition) is 4. The number of esters is 2. The number of rotatable bonds is 8. The van der Waals surface area contributed by atoms with E-state index in [1.807, 2.05) is 60.7 Å². The highest BCUT2D eigenvalue weighted by Gasteiger charge is 2.19. The van der Waals surface area contributed by atoms with Crippen molar-refractivity contribution in [2.75, 3.05) is 13.2 Å². The van der Waals surface area contributed by atoms with Crippen molar-refractivity contribution in [1.82, 2.24) is 0 Å². The molecule has 0 radical (unpaired) electrons. The average Bonchev–Trinajstić information content (AvgIpc) is 2.66. The molecule has 4 nitrogen and oxygen atoms in total. The van der Waals surface area contributed by atoms with Gasteiger partial charge in [0.2, 0.25) is 0 Å². The van der Waals surface area contributed by atoms with Crippen LogP contribution in [0.2, 0.25) is 0 Å². The fraction of sp³-hybridized carbons (Fsp3) is 0.273. The van der Waals surface area contributed by atoms with E-state index in [-0.39, 0.29) is 24.8 Å². The van der Waals surface area contributed by atoms with Gasteiger partial charge in [-0.1, -0.05) is 60.7 Å². The van der Waals surface area contributed by atoms with Gasteiger partial charge in [-0.15, -0.1) is 0 Å². The van der Waals surface area contributed by atoms with E-state index in [2.05, 4.69) is 0 Å². The van der Waals surface area contributed by atoms with Crippen LogP contribution in [0.5, 0.6) is 0 Å². The molecule has 0 aromatic heterocycles. The van der Waals surface area contributed by atoms with Crippen LogP contribution < -0.4 is 0 Å². The zero-order valence-corrected chi connectivity index (χ0v) is 15.2. The standard InChI is InChI=1S/C22H24O4/c1-3-25-21(23)15-19(17-11-7-5-8-12-17)20(16-22(24)26-4-2)18-13-9-6-10-14-18/h5-14H,3-4,15-16H2,1-2H3/b20-19+. The van der Waals surface area contributed by atoms with E-state index in [1.54, 1.807) is 13.8 Å². The smallest absolute Gasteiger partial charge is 0.310 e. The van der Waals surface area contributed by atoms with Crippen molar-refractivity contribution in [2.24, 2.45) is 0 Å². The molecule has 0 spiro atoms. The molecular weight excluding hydrogens is 328 g/mol. The Morgan fingerprint density at radius 2 is 1.00 bits per heavy atom. The van der Waals surface area contributed by atoms with Crippen molar-refractivity contribution in [3.05, 3.63) is 71.8 Å². The lowest BCUT2D eigenvalue weighted by Gasteiger charge is -2.16. The number of carbonyl (C=O) groups excluding carboxylic acids is 2. The quantitative estimate of drug-likeness (QED) is 0.518. The number of ether oxygens (including phenoxy) is 2. The fourth-order valence-corrected chi connectivity index (χ4v) is 2.76. The van der Waals surface area contributed by atoms with Crippen LogP contribution >= 0.6 is 0 Å². The monoisotopic (exact) mass is 352 g/mol. The van der Waals surface area contributed by atoms with Gasteiger partial charge >= 0.3 is 11.9 Å². The van der Waals surface area contributed by atoms with Gasteiger partial charge in [-0.05, 0) is 36.1 Å². The molecule has 2 aromatic rings. The Labute approximate surface area is 154 Å². The molecule has 0 atom stereocenters. The topological polar surface area (TPSA) is 52.6 Å². The minimum absolute atomic E-state index is 0.0987. The second-order valence-corrected chi connectivity index (χ2v) is 5.65. The van der Waals surface area contributed by atoms with Crippen LogP contribution in [0.1, 0.15) is 37.8 Å². The van der Waals surface area contributed by atoms with E-state index >= 15 is 0 Å². The maximum absolute atomic E-state index is 12.2. The van der Waals surface area contributed by atoms with Crippen LogP contribution in [0.15, 0.2) is 60.7 Å². The van der Waals surface area contributed by atoms with E-state index in [0.29, 0.717) is 13.2 Å². The van der Waals surface area contributed by atoms with Crippen LogP contribution in [-0.4, -0.2) is 25.2 Å². The van der Waals surface area contributed by atoms with Gasteiger partial charge in [0.15, 0.2) is 0 Å². The minimum Gasteiger partial charge on any atom is -0.466 e. The molecule has 0 heterocycles. The van der Waals surface area contributed by atoms with Gasteiger partial charge in [0.05, 0.1) is 26.1 Å². The average molecular weight is 352 g/mol. The molecule has 0 aliphatic rings. The molecule has 136 valence electrons. The SMILES string of the molecule is CCOC(=O)C/C(=C(/CC(=O)OCC)c1ccccc1)c1ccccc1. The zero-order valence-electron chi connectivity index (χ0n) is 15.2. The Bertz CT molecular complexity index is 683. The molecule has 0 aliphatic heterocycles. The van der Waals surface area contributed by atoms with Crippen LogP contribution in [0.3, 0.4) is 0 Å². The molecular formula is C22H24O4. The molecule has 0 fully saturated rings. The lowest BCUT2D eigenvalue weighted by atomic mass is 9.90. The third-order valence-corrected chi connectivity index (χ3v) is 3.86. The number of benzene rings is 2. The highest BCUT2D eigenvalue weighted by atomic mass is 16.5. The maximum atomic E-state index is 12.2. The number of carbonyl (C=O) groups is 2. The summed E-state index contributed by atoms with van der Waals surface area (Å²) < 4.78 is 10.3. The van der Waals surface area contributed by atoms with Gasteiger partial charge in [-0.25, -0.2) is 0 Å². The van der Waals surface area contributed by atoms with E-state index in [9.17, 15) is 9.59 Å². The summed E-state index contributed by atoms with van der Waals surface area (Å²) in [5, 5.41) is 0. The van der Waals surface area contributed by atoms with Crippen molar-refractivity contribution in [3.8, 4) is 0 Å². The van der Waals surface area contributed by atoms with Crippen LogP contribution in [0, 0.1) is 0 Å². The lowest BCUT2D eigenvalue weighted by molar-refractivity contribution is -0.143. The van der Waals surface area contributed by atoms with E-state index in [1.165, 1.54) is 0 Å². The van der Waals surface area contributed by atoms with Gasteiger partial charge in [0.25, 0.3) is 0 Å². The molecule has 2 rings (SSSR count). The van der Waals surface area contributed by atoms with Crippen molar-refractivity contribution in [2.45, 2.75) is 26.7 Å². The van der Waals surface area contributed by atoms with E-state index in [4.69, 9.17) is 9.47 Å². The predicted molar refractivity (Wildman–Crippen MR) is 102 cm³/mol. The molecule has 26 heavy (non-hydrogen) atoms. The predicted octanol–water partition coefficient (Wildman–Crippen LogP) is 4.50. The van der Waals surface area contributed by atoms with Crippen molar-refractivity contribution >= 4 is 23.1 Å². The summed E-state index contributed by atoms with van der Waals surface area (Å²) in [5.41, 5.74) is 3.35. The fourth-order valence-electron chi connectivity index (χ4n) is 2.76. The Morgan fingerprint density at radius 3 is 1.31 bits per heavy atom. The molecule has 0 saturated carbocycles. The Kier molecular flexibility index (Phi) is 7.62. The summed E-state index contributed by atoms with van der Waals surface area (Å²) in [7, 11) is 0. The first kappa shape index (κ1) is 19.4. The first-order chi connectivity index (χ1) is 12.7. The third kappa shape index (κ3) is 5.59. The summed E-state index contributed by atoms with van der Waals surface area (Å²) >= 11 is 0. The van der Waals surface area contributed by atoms with Crippen LogP contribution in [0.25, 0.3) is 11.1 Å². The molecule has 0 bridgehead atoms. The Balaban J connectivity index is 2.56. The van der Waals surface area contributed by atoms with Gasteiger partial charge < -0.3 is 9.47 Å². The zero-order chi connectivity index (χ0) is 18.8.